The van der Waals surface area contributed by atoms with Gasteiger partial charge in [-0.1, -0.05) is 6.92 Å². The Kier molecular flexibility index (Phi) is 3.71. The average Bonchev–Trinajstić information content (AvgIpc) is 2.15. The Morgan fingerprint density at radius 1 is 1.54 bits per heavy atom. The molecule has 1 heterocycles. The van der Waals surface area contributed by atoms with Crippen LogP contribution >= 0.6 is 0 Å². The third-order valence-electron chi connectivity index (χ3n) is 2.04. The van der Waals surface area contributed by atoms with Crippen molar-refractivity contribution >= 4 is 5.82 Å². The fourth-order valence-electron chi connectivity index (χ4n) is 1.24. The number of pyridine rings is 1. The molecule has 3 heteroatoms. The fraction of sp³-hybridized carbons (Fsp3) is 0.500. The van der Waals surface area contributed by atoms with E-state index in [2.05, 4.69) is 24.1 Å². The van der Waals surface area contributed by atoms with Crippen molar-refractivity contribution in [2.24, 2.45) is 5.73 Å². The molecule has 1 aromatic rings. The molecule has 0 aliphatic heterocycles. The minimum absolute atomic E-state index is 0.547. The summed E-state index contributed by atoms with van der Waals surface area (Å²) in [7, 11) is 0. The summed E-state index contributed by atoms with van der Waals surface area (Å²) in [5, 5.41) is 3.26. The van der Waals surface area contributed by atoms with Gasteiger partial charge in [-0.2, -0.15) is 0 Å². The fourth-order valence-corrected chi connectivity index (χ4v) is 1.24. The van der Waals surface area contributed by atoms with E-state index >= 15 is 0 Å². The van der Waals surface area contributed by atoms with Crippen molar-refractivity contribution < 1.29 is 0 Å². The van der Waals surface area contributed by atoms with Crippen molar-refractivity contribution in [1.29, 1.82) is 0 Å². The summed E-state index contributed by atoms with van der Waals surface area (Å²) in [5.41, 5.74) is 7.97. The highest BCUT2D eigenvalue weighted by Gasteiger charge is 2.03. The first-order chi connectivity index (χ1) is 6.29. The van der Waals surface area contributed by atoms with Gasteiger partial charge in [-0.15, -0.1) is 0 Å². The summed E-state index contributed by atoms with van der Waals surface area (Å²) >= 11 is 0. The number of rotatable bonds is 4. The molecule has 0 aromatic carbocycles. The minimum Gasteiger partial charge on any atom is -0.370 e. The van der Waals surface area contributed by atoms with Gasteiger partial charge in [0, 0.05) is 24.8 Å². The lowest BCUT2D eigenvalue weighted by Crippen LogP contribution is -2.09. The van der Waals surface area contributed by atoms with Crippen LogP contribution in [0.3, 0.4) is 0 Å². The molecular formula is C10H17N3. The van der Waals surface area contributed by atoms with Gasteiger partial charge in [0.05, 0.1) is 0 Å². The van der Waals surface area contributed by atoms with E-state index in [1.165, 1.54) is 5.56 Å². The monoisotopic (exact) mass is 179 g/mol. The van der Waals surface area contributed by atoms with Gasteiger partial charge in [0.15, 0.2) is 0 Å². The molecule has 1 aromatic heterocycles. The van der Waals surface area contributed by atoms with Crippen molar-refractivity contribution in [2.45, 2.75) is 26.8 Å². The standard InChI is InChI=1S/C10H17N3/c1-3-5-12-10-9(7-11)8(2)4-6-13-10/h4,6H,3,5,7,11H2,1-2H3,(H,12,13). The molecule has 0 aliphatic rings. The first kappa shape index (κ1) is 9.99. The Hall–Kier alpha value is -1.09. The molecule has 0 saturated carbocycles. The Balaban J connectivity index is 2.85. The quantitative estimate of drug-likeness (QED) is 0.739. The lowest BCUT2D eigenvalue weighted by molar-refractivity contribution is 0.947. The van der Waals surface area contributed by atoms with Gasteiger partial charge in [-0.3, -0.25) is 0 Å². The number of hydrogen-bond acceptors (Lipinski definition) is 3. The second-order valence-corrected chi connectivity index (χ2v) is 3.09. The molecule has 72 valence electrons. The highest BCUT2D eigenvalue weighted by atomic mass is 15.0. The van der Waals surface area contributed by atoms with Crippen LogP contribution in [0.4, 0.5) is 5.82 Å². The lowest BCUT2D eigenvalue weighted by atomic mass is 10.1. The van der Waals surface area contributed by atoms with Gasteiger partial charge in [-0.25, -0.2) is 4.98 Å². The normalized spacial score (nSPS) is 10.1. The van der Waals surface area contributed by atoms with E-state index in [-0.39, 0.29) is 0 Å². The van der Waals surface area contributed by atoms with E-state index in [4.69, 9.17) is 5.73 Å². The summed E-state index contributed by atoms with van der Waals surface area (Å²) in [6.07, 6.45) is 2.91. The molecule has 3 N–H and O–H groups in total. The zero-order chi connectivity index (χ0) is 9.68. The third-order valence-corrected chi connectivity index (χ3v) is 2.04. The zero-order valence-corrected chi connectivity index (χ0v) is 8.30. The minimum atomic E-state index is 0.547. The van der Waals surface area contributed by atoms with E-state index in [9.17, 15) is 0 Å². The first-order valence-corrected chi connectivity index (χ1v) is 4.68. The molecule has 0 radical (unpaired) electrons. The predicted molar refractivity (Wildman–Crippen MR) is 55.6 cm³/mol. The number of nitrogens with one attached hydrogen (secondary N) is 1. The van der Waals surface area contributed by atoms with Crippen molar-refractivity contribution in [3.8, 4) is 0 Å². The number of anilines is 1. The highest BCUT2D eigenvalue weighted by Crippen LogP contribution is 2.15. The summed E-state index contributed by atoms with van der Waals surface area (Å²) < 4.78 is 0. The van der Waals surface area contributed by atoms with Crippen molar-refractivity contribution in [1.82, 2.24) is 4.98 Å². The maximum absolute atomic E-state index is 5.64. The van der Waals surface area contributed by atoms with E-state index < -0.39 is 0 Å². The van der Waals surface area contributed by atoms with Crippen molar-refractivity contribution in [3.63, 3.8) is 0 Å². The van der Waals surface area contributed by atoms with Gasteiger partial charge in [0.1, 0.15) is 5.82 Å². The molecule has 1 rings (SSSR count). The number of aryl methyl sites for hydroxylation is 1. The number of aromatic nitrogens is 1. The van der Waals surface area contributed by atoms with Crippen LogP contribution in [0.25, 0.3) is 0 Å². The Labute approximate surface area is 79.4 Å². The predicted octanol–water partition coefficient (Wildman–Crippen LogP) is 1.67. The average molecular weight is 179 g/mol. The van der Waals surface area contributed by atoms with Crippen LogP contribution in [0.2, 0.25) is 0 Å². The molecule has 0 fully saturated rings. The Morgan fingerprint density at radius 3 is 2.92 bits per heavy atom. The van der Waals surface area contributed by atoms with E-state index in [0.29, 0.717) is 6.54 Å². The van der Waals surface area contributed by atoms with Crippen molar-refractivity contribution in [2.75, 3.05) is 11.9 Å². The topological polar surface area (TPSA) is 50.9 Å². The summed E-state index contributed by atoms with van der Waals surface area (Å²) in [6.45, 7) is 5.68. The van der Waals surface area contributed by atoms with Crippen LogP contribution in [-0.2, 0) is 6.54 Å². The molecule has 0 aliphatic carbocycles. The van der Waals surface area contributed by atoms with E-state index in [1.807, 2.05) is 12.3 Å². The Bertz CT molecular complexity index is 271. The molecular weight excluding hydrogens is 162 g/mol. The highest BCUT2D eigenvalue weighted by molar-refractivity contribution is 5.47. The largest absolute Gasteiger partial charge is 0.370 e. The van der Waals surface area contributed by atoms with E-state index in [1.54, 1.807) is 0 Å². The number of nitrogens with zero attached hydrogens (tertiary/aromatic N) is 1. The van der Waals surface area contributed by atoms with Gasteiger partial charge >= 0.3 is 0 Å². The summed E-state index contributed by atoms with van der Waals surface area (Å²) in [5.74, 6) is 0.935. The zero-order valence-electron chi connectivity index (χ0n) is 8.30. The maximum Gasteiger partial charge on any atom is 0.130 e. The van der Waals surface area contributed by atoms with Crippen molar-refractivity contribution in [3.05, 3.63) is 23.4 Å². The smallest absolute Gasteiger partial charge is 0.130 e. The molecule has 13 heavy (non-hydrogen) atoms. The van der Waals surface area contributed by atoms with Crippen LogP contribution in [0.5, 0.6) is 0 Å². The second kappa shape index (κ2) is 4.82. The van der Waals surface area contributed by atoms with Gasteiger partial charge in [-0.05, 0) is 25.0 Å². The van der Waals surface area contributed by atoms with Crippen LogP contribution in [0, 0.1) is 6.92 Å². The molecule has 0 amide bonds. The van der Waals surface area contributed by atoms with Gasteiger partial charge < -0.3 is 11.1 Å². The molecule has 0 unspecified atom stereocenters. The van der Waals surface area contributed by atoms with E-state index in [0.717, 1.165) is 24.3 Å². The van der Waals surface area contributed by atoms with Gasteiger partial charge in [0.2, 0.25) is 0 Å². The van der Waals surface area contributed by atoms with Crippen LogP contribution < -0.4 is 11.1 Å². The number of hydrogen-bond donors (Lipinski definition) is 2. The SMILES string of the molecule is CCCNc1nccc(C)c1CN. The maximum atomic E-state index is 5.64. The third kappa shape index (κ3) is 2.42. The lowest BCUT2D eigenvalue weighted by Gasteiger charge is -2.10. The summed E-state index contributed by atoms with van der Waals surface area (Å²) in [4.78, 5) is 4.26. The number of nitrogens with two attached hydrogens (primary N) is 1. The second-order valence-electron chi connectivity index (χ2n) is 3.09. The van der Waals surface area contributed by atoms with Crippen LogP contribution in [0.1, 0.15) is 24.5 Å². The van der Waals surface area contributed by atoms with Gasteiger partial charge in [0.25, 0.3) is 0 Å². The first-order valence-electron chi connectivity index (χ1n) is 4.68. The molecule has 0 spiro atoms. The Morgan fingerprint density at radius 2 is 2.31 bits per heavy atom. The van der Waals surface area contributed by atoms with Crippen LogP contribution in [-0.4, -0.2) is 11.5 Å². The molecule has 0 saturated heterocycles. The molecule has 3 nitrogen and oxygen atoms in total. The summed E-state index contributed by atoms with van der Waals surface area (Å²) in [6, 6.07) is 1.99. The van der Waals surface area contributed by atoms with Crippen LogP contribution in [0.15, 0.2) is 12.3 Å². The molecule has 0 atom stereocenters. The molecule has 0 bridgehead atoms.